The molecule has 0 saturated heterocycles. The number of benzene rings is 2. The summed E-state index contributed by atoms with van der Waals surface area (Å²) in [7, 11) is 2.84. The van der Waals surface area contributed by atoms with Crippen molar-refractivity contribution < 1.29 is 14.3 Å². The van der Waals surface area contributed by atoms with Crippen molar-refractivity contribution in [2.24, 2.45) is 0 Å². The number of hydrogen-bond acceptors (Lipinski definition) is 3. The van der Waals surface area contributed by atoms with Crippen molar-refractivity contribution >= 4 is 21.9 Å². The average molecular weight is 383 g/mol. The zero-order valence-electron chi connectivity index (χ0n) is 13.4. The number of methoxy groups -OCH3 is 2. The van der Waals surface area contributed by atoms with E-state index < -0.39 is 5.97 Å². The topological polar surface area (TPSA) is 35.5 Å². The molecule has 0 heterocycles. The van der Waals surface area contributed by atoms with Crippen LogP contribution in [-0.4, -0.2) is 25.5 Å². The molecule has 0 aliphatic rings. The maximum atomic E-state index is 11.7. The van der Waals surface area contributed by atoms with Crippen LogP contribution >= 0.6 is 15.9 Å². The minimum absolute atomic E-state index is 0.370. The molecule has 0 spiro atoms. The smallest absolute Gasteiger partial charge is 0.341 e. The highest BCUT2D eigenvalue weighted by Gasteiger charge is 2.12. The fourth-order valence-electron chi connectivity index (χ4n) is 2.02. The number of esters is 1. The number of carbonyl (C=O) groups excluding carboxylic acids is 1. The van der Waals surface area contributed by atoms with Gasteiger partial charge in [0.1, 0.15) is 11.3 Å². The van der Waals surface area contributed by atoms with E-state index in [4.69, 9.17) is 9.47 Å². The van der Waals surface area contributed by atoms with Crippen molar-refractivity contribution in [1.29, 1.82) is 0 Å². The summed E-state index contributed by atoms with van der Waals surface area (Å²) >= 11 is 3.29. The molecule has 2 aromatic carbocycles. The lowest BCUT2D eigenvalue weighted by Crippen LogP contribution is -2.04. The van der Waals surface area contributed by atoms with Crippen LogP contribution in [0, 0.1) is 23.7 Å². The zero-order chi connectivity index (χ0) is 17.4. The lowest BCUT2D eigenvalue weighted by Gasteiger charge is -2.06. The van der Waals surface area contributed by atoms with Gasteiger partial charge in [0.25, 0.3) is 0 Å². The summed E-state index contributed by atoms with van der Waals surface area (Å²) < 4.78 is 9.97. The Bertz CT molecular complexity index is 864. The van der Waals surface area contributed by atoms with Gasteiger partial charge in [-0.2, -0.15) is 0 Å². The maximum Gasteiger partial charge on any atom is 0.341 e. The second kappa shape index (κ2) is 8.82. The normalized spacial score (nSPS) is 9.12. The molecule has 0 N–H and O–H groups in total. The monoisotopic (exact) mass is 382 g/mol. The van der Waals surface area contributed by atoms with Gasteiger partial charge in [-0.15, -0.1) is 0 Å². The Morgan fingerprint density at radius 2 is 1.75 bits per heavy atom. The average Bonchev–Trinajstić information content (AvgIpc) is 2.64. The maximum absolute atomic E-state index is 11.7. The van der Waals surface area contributed by atoms with Gasteiger partial charge in [0, 0.05) is 16.7 Å². The summed E-state index contributed by atoms with van der Waals surface area (Å²) in [6.45, 7) is 0. The molecule has 3 nitrogen and oxygen atoms in total. The lowest BCUT2D eigenvalue weighted by molar-refractivity contribution is 0.0597. The largest absolute Gasteiger partial charge is 0.496 e. The molecule has 0 radical (unpaired) electrons. The van der Waals surface area contributed by atoms with Gasteiger partial charge in [-0.05, 0) is 30.3 Å². The Kier molecular flexibility index (Phi) is 6.49. The van der Waals surface area contributed by atoms with Crippen LogP contribution in [-0.2, 0) is 4.74 Å². The Balaban J connectivity index is 2.37. The van der Waals surface area contributed by atoms with Crippen molar-refractivity contribution in [3.8, 4) is 29.4 Å². The third kappa shape index (κ3) is 4.41. The van der Waals surface area contributed by atoms with Crippen LogP contribution in [0.2, 0.25) is 0 Å². The Morgan fingerprint density at radius 3 is 2.38 bits per heavy atom. The van der Waals surface area contributed by atoms with Crippen molar-refractivity contribution in [3.05, 3.63) is 64.7 Å². The minimum atomic E-state index is -0.443. The summed E-state index contributed by atoms with van der Waals surface area (Å²) in [6.07, 6.45) is 0. The molecule has 0 aliphatic heterocycles. The molecule has 0 fully saturated rings. The van der Waals surface area contributed by atoms with Crippen LogP contribution in [0.1, 0.15) is 27.0 Å². The summed E-state index contributed by atoms with van der Waals surface area (Å²) in [4.78, 5) is 11.7. The number of rotatable bonds is 2. The molecule has 0 aromatic heterocycles. The number of hydrogen-bond donors (Lipinski definition) is 0. The molecule has 24 heavy (non-hydrogen) atoms. The molecule has 0 aliphatic carbocycles. The van der Waals surface area contributed by atoms with Gasteiger partial charge in [0.15, 0.2) is 0 Å². The van der Waals surface area contributed by atoms with E-state index >= 15 is 0 Å². The van der Waals surface area contributed by atoms with E-state index in [1.54, 1.807) is 18.2 Å². The van der Waals surface area contributed by atoms with Crippen LogP contribution in [0.4, 0.5) is 0 Å². The van der Waals surface area contributed by atoms with Crippen LogP contribution < -0.4 is 4.74 Å². The molecule has 2 rings (SSSR count). The Labute approximate surface area is 150 Å². The number of carbonyl (C=O) groups is 1. The fourth-order valence-corrected chi connectivity index (χ4v) is 2.16. The van der Waals surface area contributed by atoms with E-state index in [0.29, 0.717) is 16.6 Å². The first-order chi connectivity index (χ1) is 11.7. The molecular formula is C20H15BrO3. The molecule has 0 amide bonds. The van der Waals surface area contributed by atoms with E-state index in [9.17, 15) is 4.79 Å². The fraction of sp³-hybridized carbons (Fsp3) is 0.150. The van der Waals surface area contributed by atoms with E-state index in [1.165, 1.54) is 14.2 Å². The van der Waals surface area contributed by atoms with Crippen LogP contribution in [0.5, 0.6) is 5.75 Å². The molecular weight excluding hydrogens is 368 g/mol. The number of alkyl halides is 1. The van der Waals surface area contributed by atoms with Crippen LogP contribution in [0.25, 0.3) is 0 Å². The molecule has 0 saturated carbocycles. The summed E-state index contributed by atoms with van der Waals surface area (Å²) in [5.41, 5.74) is 2.83. The van der Waals surface area contributed by atoms with Gasteiger partial charge in [-0.3, -0.25) is 0 Å². The van der Waals surface area contributed by atoms with Gasteiger partial charge in [0.05, 0.1) is 19.5 Å². The lowest BCUT2D eigenvalue weighted by atomic mass is 10.1. The van der Waals surface area contributed by atoms with Crippen molar-refractivity contribution in [2.45, 2.75) is 0 Å². The van der Waals surface area contributed by atoms with E-state index in [-0.39, 0.29) is 0 Å². The summed E-state index contributed by atoms with van der Waals surface area (Å²) in [6, 6.07) is 12.8. The van der Waals surface area contributed by atoms with E-state index in [0.717, 1.165) is 16.7 Å². The number of halogens is 1. The van der Waals surface area contributed by atoms with Crippen LogP contribution in [0.3, 0.4) is 0 Å². The molecule has 120 valence electrons. The molecule has 0 unspecified atom stereocenters. The molecule has 0 bridgehead atoms. The quantitative estimate of drug-likeness (QED) is 0.452. The standard InChI is InChI=1S/C20H15BrO3/c1-23-19-14-15(10-12-18(19)20(22)24-2)9-11-17-7-4-3-6-16(17)8-5-13-21/h3-4,6-7,10,12,14H,13H2,1-2H3. The van der Waals surface area contributed by atoms with Gasteiger partial charge in [-0.25, -0.2) is 4.79 Å². The number of ether oxygens (including phenoxy) is 2. The van der Waals surface area contributed by atoms with Crippen molar-refractivity contribution in [2.75, 3.05) is 19.5 Å². The highest BCUT2D eigenvalue weighted by atomic mass is 79.9. The summed E-state index contributed by atoms with van der Waals surface area (Å²) in [5.74, 6) is 12.2. The second-order valence-electron chi connectivity index (χ2n) is 4.64. The summed E-state index contributed by atoms with van der Waals surface area (Å²) in [5, 5.41) is 0.612. The Hall–Kier alpha value is -2.69. The van der Waals surface area contributed by atoms with Crippen LogP contribution in [0.15, 0.2) is 42.5 Å². The third-order valence-electron chi connectivity index (χ3n) is 3.17. The first-order valence-electron chi connectivity index (χ1n) is 7.12. The van der Waals surface area contributed by atoms with Gasteiger partial charge < -0.3 is 9.47 Å². The van der Waals surface area contributed by atoms with Gasteiger partial charge in [-0.1, -0.05) is 51.7 Å². The van der Waals surface area contributed by atoms with Gasteiger partial charge >= 0.3 is 5.97 Å². The predicted octanol–water partition coefficient (Wildman–Crippen LogP) is 3.63. The highest BCUT2D eigenvalue weighted by Crippen LogP contribution is 2.20. The van der Waals surface area contributed by atoms with Crippen molar-refractivity contribution in [1.82, 2.24) is 0 Å². The predicted molar refractivity (Wildman–Crippen MR) is 97.4 cm³/mol. The molecule has 2 aromatic rings. The molecule has 4 heteroatoms. The Morgan fingerprint density at radius 1 is 1.04 bits per heavy atom. The highest BCUT2D eigenvalue weighted by molar-refractivity contribution is 9.09. The van der Waals surface area contributed by atoms with Crippen molar-refractivity contribution in [3.63, 3.8) is 0 Å². The first kappa shape index (κ1) is 17.7. The molecule has 0 atom stereocenters. The van der Waals surface area contributed by atoms with Gasteiger partial charge in [0.2, 0.25) is 0 Å². The second-order valence-corrected chi connectivity index (χ2v) is 5.20. The first-order valence-corrected chi connectivity index (χ1v) is 8.24. The third-order valence-corrected chi connectivity index (χ3v) is 3.45. The van der Waals surface area contributed by atoms with E-state index in [2.05, 4.69) is 39.6 Å². The minimum Gasteiger partial charge on any atom is -0.496 e. The van der Waals surface area contributed by atoms with E-state index in [1.807, 2.05) is 24.3 Å². The SMILES string of the molecule is COC(=O)c1ccc(C#Cc2ccccc2C#CCBr)cc1OC. The zero-order valence-corrected chi connectivity index (χ0v) is 14.9.